The van der Waals surface area contributed by atoms with E-state index >= 15 is 0 Å². The molecule has 4 heteroatoms. The zero-order chi connectivity index (χ0) is 42.1. The molecule has 0 bridgehead atoms. The van der Waals surface area contributed by atoms with E-state index in [9.17, 15) is 0 Å². The van der Waals surface area contributed by atoms with Crippen molar-refractivity contribution in [2.75, 3.05) is 4.90 Å². The molecule has 64 heavy (non-hydrogen) atoms. The van der Waals surface area contributed by atoms with Crippen molar-refractivity contribution in [2.24, 2.45) is 0 Å². The summed E-state index contributed by atoms with van der Waals surface area (Å²) in [6, 6.07) is 86.4. The van der Waals surface area contributed by atoms with Gasteiger partial charge in [0.1, 0.15) is 0 Å². The Morgan fingerprint density at radius 3 is 1.33 bits per heavy atom. The van der Waals surface area contributed by atoms with Crippen LogP contribution < -0.4 is 4.90 Å². The molecule has 0 fully saturated rings. The van der Waals surface area contributed by atoms with Gasteiger partial charge in [-0.3, -0.25) is 0 Å². The lowest BCUT2D eigenvalue weighted by Crippen LogP contribution is -2.09. The highest BCUT2D eigenvalue weighted by atomic mass is 32.1. The van der Waals surface area contributed by atoms with Gasteiger partial charge in [0, 0.05) is 70.2 Å². The van der Waals surface area contributed by atoms with Crippen LogP contribution >= 0.6 is 11.3 Å². The van der Waals surface area contributed by atoms with Crippen LogP contribution in [-0.4, -0.2) is 9.13 Å². The first-order chi connectivity index (χ1) is 31.7. The highest BCUT2D eigenvalue weighted by Gasteiger charge is 2.19. The van der Waals surface area contributed by atoms with Crippen LogP contribution in [0.4, 0.5) is 17.1 Å². The van der Waals surface area contributed by atoms with E-state index < -0.39 is 0 Å². The van der Waals surface area contributed by atoms with Crippen LogP contribution in [0.1, 0.15) is 0 Å². The number of hydrogen-bond acceptors (Lipinski definition) is 2. The van der Waals surface area contributed by atoms with Crippen LogP contribution in [0.5, 0.6) is 0 Å². The van der Waals surface area contributed by atoms with Crippen LogP contribution in [0.2, 0.25) is 0 Å². The maximum absolute atomic E-state index is 2.46. The minimum Gasteiger partial charge on any atom is -0.311 e. The molecule has 0 aliphatic heterocycles. The Morgan fingerprint density at radius 2 is 0.703 bits per heavy atom. The number of fused-ring (bicyclic) bond motifs is 9. The van der Waals surface area contributed by atoms with Crippen molar-refractivity contribution >= 4 is 92.2 Å². The van der Waals surface area contributed by atoms with E-state index in [1.807, 2.05) is 11.3 Å². The summed E-state index contributed by atoms with van der Waals surface area (Å²) in [7, 11) is 0. The molecule has 0 aliphatic rings. The molecule has 0 atom stereocenters. The third-order valence-corrected chi connectivity index (χ3v) is 14.0. The number of thiophene rings is 1. The van der Waals surface area contributed by atoms with Crippen molar-refractivity contribution in [2.45, 2.75) is 0 Å². The normalized spacial score (nSPS) is 11.8. The second-order valence-corrected chi connectivity index (χ2v) is 17.6. The summed E-state index contributed by atoms with van der Waals surface area (Å²) in [5.41, 5.74) is 15.2. The van der Waals surface area contributed by atoms with Crippen LogP contribution in [0.3, 0.4) is 0 Å². The lowest BCUT2D eigenvalue weighted by atomic mass is 9.99. The molecule has 10 aromatic carbocycles. The fourth-order valence-electron chi connectivity index (χ4n) is 9.93. The molecule has 300 valence electrons. The fraction of sp³-hybridized carbons (Fsp3) is 0. The molecule has 0 saturated carbocycles. The third kappa shape index (κ3) is 5.88. The molecule has 0 amide bonds. The van der Waals surface area contributed by atoms with E-state index in [4.69, 9.17) is 0 Å². The van der Waals surface area contributed by atoms with Crippen LogP contribution in [0.25, 0.3) is 97.4 Å². The minimum atomic E-state index is 1.11. The van der Waals surface area contributed by atoms with Gasteiger partial charge in [0.05, 0.1) is 22.1 Å². The summed E-state index contributed by atoms with van der Waals surface area (Å²) in [4.78, 5) is 2.31. The molecule has 3 aromatic heterocycles. The van der Waals surface area contributed by atoms with Crippen molar-refractivity contribution in [1.82, 2.24) is 9.13 Å². The fourth-order valence-corrected chi connectivity index (χ4v) is 11.0. The van der Waals surface area contributed by atoms with E-state index in [-0.39, 0.29) is 0 Å². The Morgan fingerprint density at radius 1 is 0.266 bits per heavy atom. The summed E-state index contributed by atoms with van der Waals surface area (Å²) in [6.45, 7) is 0. The van der Waals surface area contributed by atoms with Crippen molar-refractivity contribution < 1.29 is 0 Å². The first kappa shape index (κ1) is 36.5. The van der Waals surface area contributed by atoms with Crippen molar-refractivity contribution in [3.63, 3.8) is 0 Å². The Labute approximate surface area is 374 Å². The van der Waals surface area contributed by atoms with Crippen LogP contribution in [-0.2, 0) is 0 Å². The number of para-hydroxylation sites is 4. The highest BCUT2D eigenvalue weighted by molar-refractivity contribution is 7.25. The van der Waals surface area contributed by atoms with Gasteiger partial charge in [0.2, 0.25) is 0 Å². The maximum atomic E-state index is 2.46. The standard InChI is InChI=1S/C60H39N3S/c1-4-14-44(15-5-1)61(45-16-6-2-7-17-45)47-29-24-40(25-30-47)41-26-32-57-52(36-41)53-38-43(28-34-58(53)63(57)48-31-35-60-54(39-48)50-21-11-13-23-59(50)64-60)42-27-33-56-51(37-42)49-20-10-12-22-55(49)62(56)46-18-8-3-9-19-46/h1-39H. The lowest BCUT2D eigenvalue weighted by Gasteiger charge is -2.25. The predicted octanol–water partition coefficient (Wildman–Crippen LogP) is 17.1. The molecule has 0 radical (unpaired) electrons. The first-order valence-corrected chi connectivity index (χ1v) is 22.6. The van der Waals surface area contributed by atoms with Gasteiger partial charge in [-0.25, -0.2) is 0 Å². The van der Waals surface area contributed by atoms with Crippen molar-refractivity contribution in [3.8, 4) is 33.6 Å². The van der Waals surface area contributed by atoms with E-state index in [0.717, 1.165) is 22.7 Å². The lowest BCUT2D eigenvalue weighted by molar-refractivity contribution is 1.18. The largest absolute Gasteiger partial charge is 0.311 e. The molecule has 13 rings (SSSR count). The van der Waals surface area contributed by atoms with Gasteiger partial charge in [0.15, 0.2) is 0 Å². The average molecular weight is 834 g/mol. The molecule has 0 aliphatic carbocycles. The number of hydrogen-bond donors (Lipinski definition) is 0. The SMILES string of the molecule is c1ccc(N(c2ccccc2)c2ccc(-c3ccc4c(c3)c3cc(-c5ccc6c(c5)c5ccccc5n6-c5ccccc5)ccc3n4-c3ccc4sc5ccccc5c4c3)cc2)cc1. The molecule has 3 nitrogen and oxygen atoms in total. The van der Waals surface area contributed by atoms with Crippen LogP contribution in [0, 0.1) is 0 Å². The van der Waals surface area contributed by atoms with Crippen molar-refractivity contribution in [1.29, 1.82) is 0 Å². The molecule has 0 N–H and O–H groups in total. The number of anilines is 3. The second-order valence-electron chi connectivity index (χ2n) is 16.6. The Kier molecular flexibility index (Phi) is 8.40. The molecule has 13 aromatic rings. The van der Waals surface area contributed by atoms with Crippen molar-refractivity contribution in [3.05, 3.63) is 237 Å². The van der Waals surface area contributed by atoms with Crippen LogP contribution in [0.15, 0.2) is 237 Å². The van der Waals surface area contributed by atoms with Gasteiger partial charge in [-0.15, -0.1) is 11.3 Å². The molecule has 3 heterocycles. The van der Waals surface area contributed by atoms with Gasteiger partial charge in [-0.05, 0) is 138 Å². The number of aromatic nitrogens is 2. The zero-order valence-corrected chi connectivity index (χ0v) is 35.6. The minimum absolute atomic E-state index is 1.11. The monoisotopic (exact) mass is 833 g/mol. The highest BCUT2D eigenvalue weighted by Crippen LogP contribution is 2.42. The van der Waals surface area contributed by atoms with E-state index in [2.05, 4.69) is 251 Å². The summed E-state index contributed by atoms with van der Waals surface area (Å²) >= 11 is 1.86. The summed E-state index contributed by atoms with van der Waals surface area (Å²) in [5, 5.41) is 7.56. The number of rotatable bonds is 7. The first-order valence-electron chi connectivity index (χ1n) is 21.8. The zero-order valence-electron chi connectivity index (χ0n) is 34.8. The molecule has 0 unspecified atom stereocenters. The van der Waals surface area contributed by atoms with Gasteiger partial charge >= 0.3 is 0 Å². The molecule has 0 spiro atoms. The Balaban J connectivity index is 0.979. The quantitative estimate of drug-likeness (QED) is 0.156. The van der Waals surface area contributed by atoms with E-state index in [1.165, 1.54) is 91.7 Å². The number of nitrogens with zero attached hydrogens (tertiary/aromatic N) is 3. The average Bonchev–Trinajstić information content (AvgIpc) is 4.02. The Bertz CT molecular complexity index is 3840. The molecular weight excluding hydrogens is 795 g/mol. The molecule has 0 saturated heterocycles. The van der Waals surface area contributed by atoms with Gasteiger partial charge in [-0.1, -0.05) is 121 Å². The van der Waals surface area contributed by atoms with Gasteiger partial charge in [-0.2, -0.15) is 0 Å². The summed E-state index contributed by atoms with van der Waals surface area (Å²) < 4.78 is 7.47. The summed E-state index contributed by atoms with van der Waals surface area (Å²) in [5.74, 6) is 0. The number of benzene rings is 10. The predicted molar refractivity (Wildman–Crippen MR) is 274 cm³/mol. The topological polar surface area (TPSA) is 13.1 Å². The Hall–Kier alpha value is -8.18. The van der Waals surface area contributed by atoms with E-state index in [1.54, 1.807) is 0 Å². The second kappa shape index (κ2) is 14.7. The smallest absolute Gasteiger partial charge is 0.0541 e. The van der Waals surface area contributed by atoms with Gasteiger partial charge in [0.25, 0.3) is 0 Å². The summed E-state index contributed by atoms with van der Waals surface area (Å²) in [6.07, 6.45) is 0. The molecular formula is C60H39N3S. The van der Waals surface area contributed by atoms with E-state index in [0.29, 0.717) is 0 Å². The third-order valence-electron chi connectivity index (χ3n) is 12.9. The maximum Gasteiger partial charge on any atom is 0.0541 e. The van der Waals surface area contributed by atoms with Gasteiger partial charge < -0.3 is 14.0 Å².